The molecule has 0 fully saturated rings. The smallest absolute Gasteiger partial charge is 0.291 e. The van der Waals surface area contributed by atoms with E-state index in [1.807, 2.05) is 13.8 Å². The molecule has 0 saturated heterocycles. The average Bonchev–Trinajstić information content (AvgIpc) is 2.57. The molecule has 18 heavy (non-hydrogen) atoms. The van der Waals surface area contributed by atoms with E-state index in [1.54, 1.807) is 12.1 Å². The van der Waals surface area contributed by atoms with E-state index < -0.39 is 4.92 Å². The third kappa shape index (κ3) is 2.61. The SMILES string of the molecule is CC1(C)COC(Cc2cccc(Cl)c2[N+](=O)[O-])=N1. The molecule has 2 rings (SSSR count). The minimum Gasteiger partial charge on any atom is -0.478 e. The van der Waals surface area contributed by atoms with Crippen molar-refractivity contribution >= 4 is 23.2 Å². The molecule has 0 spiro atoms. The van der Waals surface area contributed by atoms with E-state index in [0.29, 0.717) is 24.5 Å². The first-order valence-corrected chi connectivity index (χ1v) is 5.90. The van der Waals surface area contributed by atoms with Crippen LogP contribution in [0.4, 0.5) is 5.69 Å². The quantitative estimate of drug-likeness (QED) is 0.625. The van der Waals surface area contributed by atoms with Crippen LogP contribution in [0.3, 0.4) is 0 Å². The van der Waals surface area contributed by atoms with Gasteiger partial charge in [-0.3, -0.25) is 10.1 Å². The number of hydrogen-bond acceptors (Lipinski definition) is 4. The van der Waals surface area contributed by atoms with Crippen LogP contribution in [0.5, 0.6) is 0 Å². The van der Waals surface area contributed by atoms with Crippen molar-refractivity contribution in [1.29, 1.82) is 0 Å². The van der Waals surface area contributed by atoms with Crippen molar-refractivity contribution in [3.8, 4) is 0 Å². The second-order valence-electron chi connectivity index (χ2n) is 4.79. The highest BCUT2D eigenvalue weighted by molar-refractivity contribution is 6.32. The first kappa shape index (κ1) is 12.8. The lowest BCUT2D eigenvalue weighted by Gasteiger charge is -2.07. The second kappa shape index (κ2) is 4.57. The van der Waals surface area contributed by atoms with Gasteiger partial charge < -0.3 is 4.74 Å². The van der Waals surface area contributed by atoms with E-state index in [9.17, 15) is 10.1 Å². The zero-order chi connectivity index (χ0) is 13.3. The molecule has 6 heteroatoms. The van der Waals surface area contributed by atoms with Gasteiger partial charge in [-0.25, -0.2) is 4.99 Å². The number of hydrogen-bond donors (Lipinski definition) is 0. The van der Waals surface area contributed by atoms with E-state index in [4.69, 9.17) is 16.3 Å². The van der Waals surface area contributed by atoms with Crippen LogP contribution in [0.15, 0.2) is 23.2 Å². The molecular weight excluding hydrogens is 256 g/mol. The molecule has 1 aromatic carbocycles. The minimum absolute atomic E-state index is 0.0739. The van der Waals surface area contributed by atoms with Crippen LogP contribution in [0.1, 0.15) is 19.4 Å². The van der Waals surface area contributed by atoms with Crippen molar-refractivity contribution in [2.75, 3.05) is 6.61 Å². The fraction of sp³-hybridized carbons (Fsp3) is 0.417. The fourth-order valence-corrected chi connectivity index (χ4v) is 2.09. The van der Waals surface area contributed by atoms with Crippen molar-refractivity contribution in [2.45, 2.75) is 25.8 Å². The summed E-state index contributed by atoms with van der Waals surface area (Å²) in [7, 11) is 0. The standard InChI is InChI=1S/C12H13ClN2O3/c1-12(2)7-18-10(14-12)6-8-4-3-5-9(13)11(8)15(16)17/h3-5H,6-7H2,1-2H3. The molecule has 0 atom stereocenters. The summed E-state index contributed by atoms with van der Waals surface area (Å²) in [6, 6.07) is 4.86. The van der Waals surface area contributed by atoms with Gasteiger partial charge in [-0.2, -0.15) is 0 Å². The maximum Gasteiger partial charge on any atom is 0.291 e. The lowest BCUT2D eigenvalue weighted by Crippen LogP contribution is -2.17. The van der Waals surface area contributed by atoms with Gasteiger partial charge in [0.05, 0.1) is 16.9 Å². The van der Waals surface area contributed by atoms with Crippen molar-refractivity contribution in [2.24, 2.45) is 4.99 Å². The number of para-hydroxylation sites is 1. The normalized spacial score (nSPS) is 17.2. The number of nitrogens with zero attached hydrogens (tertiary/aromatic N) is 2. The van der Waals surface area contributed by atoms with Crippen molar-refractivity contribution in [3.05, 3.63) is 38.9 Å². The second-order valence-corrected chi connectivity index (χ2v) is 5.20. The van der Waals surface area contributed by atoms with Gasteiger partial charge in [0.25, 0.3) is 5.69 Å². The molecule has 1 heterocycles. The molecule has 96 valence electrons. The lowest BCUT2D eigenvalue weighted by molar-refractivity contribution is -0.385. The highest BCUT2D eigenvalue weighted by Crippen LogP contribution is 2.29. The highest BCUT2D eigenvalue weighted by Gasteiger charge is 2.28. The molecule has 5 nitrogen and oxygen atoms in total. The third-order valence-corrected chi connectivity index (χ3v) is 2.92. The Kier molecular flexibility index (Phi) is 3.26. The maximum atomic E-state index is 11.0. The van der Waals surface area contributed by atoms with E-state index in [0.717, 1.165) is 0 Å². The van der Waals surface area contributed by atoms with Crippen molar-refractivity contribution in [1.82, 2.24) is 0 Å². The van der Waals surface area contributed by atoms with Crippen LogP contribution in [0, 0.1) is 10.1 Å². The zero-order valence-electron chi connectivity index (χ0n) is 10.1. The number of aliphatic imine (C=N–C) groups is 1. The highest BCUT2D eigenvalue weighted by atomic mass is 35.5. The van der Waals surface area contributed by atoms with Crippen LogP contribution in [-0.2, 0) is 11.2 Å². The minimum atomic E-state index is -0.474. The van der Waals surface area contributed by atoms with Crippen LogP contribution in [0.2, 0.25) is 5.02 Å². The summed E-state index contributed by atoms with van der Waals surface area (Å²) in [5, 5.41) is 11.1. The summed E-state index contributed by atoms with van der Waals surface area (Å²) < 4.78 is 5.43. The number of nitro groups is 1. The Labute approximate surface area is 110 Å². The molecule has 0 radical (unpaired) electrons. The Balaban J connectivity index is 2.31. The van der Waals surface area contributed by atoms with Gasteiger partial charge in [-0.05, 0) is 19.9 Å². The average molecular weight is 269 g/mol. The molecular formula is C12H13ClN2O3. The molecule has 1 aliphatic heterocycles. The van der Waals surface area contributed by atoms with Gasteiger partial charge in [-0.15, -0.1) is 0 Å². The van der Waals surface area contributed by atoms with Gasteiger partial charge in [0.1, 0.15) is 11.6 Å². The molecule has 0 bridgehead atoms. The summed E-state index contributed by atoms with van der Waals surface area (Å²) in [4.78, 5) is 14.9. The molecule has 0 saturated carbocycles. The molecule has 0 aromatic heterocycles. The van der Waals surface area contributed by atoms with E-state index in [2.05, 4.69) is 4.99 Å². The molecule has 1 aliphatic rings. The molecule has 0 aliphatic carbocycles. The largest absolute Gasteiger partial charge is 0.478 e. The van der Waals surface area contributed by atoms with E-state index in [-0.39, 0.29) is 16.2 Å². The van der Waals surface area contributed by atoms with Gasteiger partial charge >= 0.3 is 0 Å². The summed E-state index contributed by atoms with van der Waals surface area (Å²) in [6.45, 7) is 4.40. The van der Waals surface area contributed by atoms with E-state index >= 15 is 0 Å². The van der Waals surface area contributed by atoms with Crippen LogP contribution in [-0.4, -0.2) is 23.0 Å². The van der Waals surface area contributed by atoms with Crippen molar-refractivity contribution < 1.29 is 9.66 Å². The number of nitro benzene ring substituents is 1. The summed E-state index contributed by atoms with van der Waals surface area (Å²) >= 11 is 5.84. The van der Waals surface area contributed by atoms with Gasteiger partial charge in [0, 0.05) is 5.56 Å². The Morgan fingerprint density at radius 2 is 2.28 bits per heavy atom. The molecule has 1 aromatic rings. The first-order valence-electron chi connectivity index (χ1n) is 5.52. The molecule has 0 amide bonds. The lowest BCUT2D eigenvalue weighted by atomic mass is 10.1. The van der Waals surface area contributed by atoms with Crippen LogP contribution in [0.25, 0.3) is 0 Å². The number of rotatable bonds is 3. The Morgan fingerprint density at radius 1 is 1.56 bits per heavy atom. The molecule has 0 unspecified atom stereocenters. The first-order chi connectivity index (χ1) is 8.39. The third-order valence-electron chi connectivity index (χ3n) is 2.61. The van der Waals surface area contributed by atoms with Crippen molar-refractivity contribution in [3.63, 3.8) is 0 Å². The predicted molar refractivity (Wildman–Crippen MR) is 69.3 cm³/mol. The van der Waals surface area contributed by atoms with E-state index in [1.165, 1.54) is 6.07 Å². The Hall–Kier alpha value is -1.62. The Morgan fingerprint density at radius 3 is 2.83 bits per heavy atom. The summed E-state index contributed by atoms with van der Waals surface area (Å²) in [6.07, 6.45) is 0.292. The maximum absolute atomic E-state index is 11.0. The monoisotopic (exact) mass is 268 g/mol. The zero-order valence-corrected chi connectivity index (χ0v) is 10.9. The van der Waals surface area contributed by atoms with Crippen LogP contribution >= 0.6 is 11.6 Å². The number of benzene rings is 1. The topological polar surface area (TPSA) is 64.7 Å². The van der Waals surface area contributed by atoms with Gasteiger partial charge in [-0.1, -0.05) is 23.7 Å². The Bertz CT molecular complexity index is 526. The fourth-order valence-electron chi connectivity index (χ4n) is 1.82. The summed E-state index contributed by atoms with van der Waals surface area (Å²) in [5.74, 6) is 0.519. The summed E-state index contributed by atoms with van der Waals surface area (Å²) in [5.41, 5.74) is 0.182. The van der Waals surface area contributed by atoms with Gasteiger partial charge in [0.15, 0.2) is 5.90 Å². The van der Waals surface area contributed by atoms with Gasteiger partial charge in [0.2, 0.25) is 0 Å². The predicted octanol–water partition coefficient (Wildman–Crippen LogP) is 3.00. The van der Waals surface area contributed by atoms with Crippen LogP contribution < -0.4 is 0 Å². The number of ether oxygens (including phenoxy) is 1. The molecule has 0 N–H and O–H groups in total. The number of halogens is 1.